The summed E-state index contributed by atoms with van der Waals surface area (Å²) in [6, 6.07) is 12.7. The number of thioether (sulfide) groups is 1. The van der Waals surface area contributed by atoms with E-state index in [1.54, 1.807) is 24.3 Å². The summed E-state index contributed by atoms with van der Waals surface area (Å²) < 4.78 is 4.83. The van der Waals surface area contributed by atoms with Crippen LogP contribution >= 0.6 is 23.4 Å². The van der Waals surface area contributed by atoms with Gasteiger partial charge in [0.1, 0.15) is 5.92 Å². The van der Waals surface area contributed by atoms with E-state index in [1.165, 1.54) is 7.11 Å². The quantitative estimate of drug-likeness (QED) is 0.453. The van der Waals surface area contributed by atoms with E-state index in [1.807, 2.05) is 32.9 Å². The van der Waals surface area contributed by atoms with Crippen LogP contribution in [0.5, 0.6) is 0 Å². The second kappa shape index (κ2) is 10.8. The molecule has 9 heteroatoms. The lowest BCUT2D eigenvalue weighted by molar-refractivity contribution is -0.150. The first-order valence-corrected chi connectivity index (χ1v) is 11.8. The topological polar surface area (TPSA) is 108 Å². The standard InChI is InChI=1S/C25H24ClN3O4S/c1-13-9-14(2)22(15(3)10-13)28-19(30)12-34-24-18(11-27)20(16-5-7-17(26)8-6-16)21(23(31)29-24)25(32)33-4/h5-10,20-21H,12H2,1-4H3,(H,28,30)(H,29,31)/t20-,21+/m1/s1. The molecule has 2 aromatic rings. The molecular weight excluding hydrogens is 474 g/mol. The fraction of sp³-hybridized carbons (Fsp3) is 0.280. The van der Waals surface area contributed by atoms with Gasteiger partial charge in [-0.1, -0.05) is 53.2 Å². The van der Waals surface area contributed by atoms with Crippen LogP contribution in [0.1, 0.15) is 28.2 Å². The van der Waals surface area contributed by atoms with Crippen molar-refractivity contribution in [2.45, 2.75) is 26.7 Å². The summed E-state index contributed by atoms with van der Waals surface area (Å²) in [4.78, 5) is 38.0. The van der Waals surface area contributed by atoms with Gasteiger partial charge in [-0.2, -0.15) is 5.26 Å². The van der Waals surface area contributed by atoms with Crippen LogP contribution in [0.4, 0.5) is 5.69 Å². The van der Waals surface area contributed by atoms with Crippen LogP contribution in [0.25, 0.3) is 0 Å². The molecule has 1 heterocycles. The average molecular weight is 498 g/mol. The van der Waals surface area contributed by atoms with Crippen molar-refractivity contribution in [3.05, 3.63) is 74.3 Å². The largest absolute Gasteiger partial charge is 0.468 e. The lowest BCUT2D eigenvalue weighted by Gasteiger charge is -2.31. The SMILES string of the molecule is COC(=O)[C@@H]1C(=O)NC(SCC(=O)Nc2c(C)cc(C)cc2C)=C(C#N)[C@H]1c1ccc(Cl)cc1. The highest BCUT2D eigenvalue weighted by atomic mass is 35.5. The van der Waals surface area contributed by atoms with Gasteiger partial charge < -0.3 is 15.4 Å². The van der Waals surface area contributed by atoms with Gasteiger partial charge in [-0.25, -0.2) is 0 Å². The molecule has 7 nitrogen and oxygen atoms in total. The fourth-order valence-electron chi connectivity index (χ4n) is 4.04. The minimum Gasteiger partial charge on any atom is -0.468 e. The van der Waals surface area contributed by atoms with Gasteiger partial charge in [0.25, 0.3) is 0 Å². The van der Waals surface area contributed by atoms with E-state index < -0.39 is 23.7 Å². The Bertz CT molecular complexity index is 1190. The number of benzene rings is 2. The zero-order valence-corrected chi connectivity index (χ0v) is 20.8. The Morgan fingerprint density at radius 1 is 1.18 bits per heavy atom. The monoisotopic (exact) mass is 497 g/mol. The first kappa shape index (κ1) is 25.3. The Morgan fingerprint density at radius 2 is 1.79 bits per heavy atom. The number of carbonyl (C=O) groups excluding carboxylic acids is 3. The summed E-state index contributed by atoms with van der Waals surface area (Å²) in [7, 11) is 1.19. The first-order valence-electron chi connectivity index (χ1n) is 10.4. The van der Waals surface area contributed by atoms with Gasteiger partial charge in [0.05, 0.1) is 29.5 Å². The molecule has 0 saturated carbocycles. The highest BCUT2D eigenvalue weighted by Gasteiger charge is 2.44. The van der Waals surface area contributed by atoms with Crippen LogP contribution in [0.2, 0.25) is 5.02 Å². The van der Waals surface area contributed by atoms with Crippen LogP contribution in [-0.2, 0) is 19.1 Å². The van der Waals surface area contributed by atoms with E-state index in [-0.39, 0.29) is 22.3 Å². The number of ether oxygens (including phenoxy) is 1. The Balaban J connectivity index is 1.89. The maximum Gasteiger partial charge on any atom is 0.319 e. The van der Waals surface area contributed by atoms with E-state index in [0.29, 0.717) is 10.6 Å². The fourth-order valence-corrected chi connectivity index (χ4v) is 5.01. The number of amides is 2. The van der Waals surface area contributed by atoms with Crippen molar-refractivity contribution in [1.82, 2.24) is 5.32 Å². The van der Waals surface area contributed by atoms with Crippen molar-refractivity contribution in [2.24, 2.45) is 5.92 Å². The zero-order valence-electron chi connectivity index (χ0n) is 19.2. The van der Waals surface area contributed by atoms with Crippen molar-refractivity contribution in [3.63, 3.8) is 0 Å². The van der Waals surface area contributed by atoms with Crippen LogP contribution in [0.15, 0.2) is 47.0 Å². The van der Waals surface area contributed by atoms with E-state index >= 15 is 0 Å². The number of anilines is 1. The molecule has 0 fully saturated rings. The average Bonchev–Trinajstić information content (AvgIpc) is 2.79. The molecule has 0 aromatic heterocycles. The Hall–Kier alpha value is -3.28. The molecule has 176 valence electrons. The van der Waals surface area contributed by atoms with E-state index in [0.717, 1.165) is 34.1 Å². The molecule has 0 aliphatic carbocycles. The number of nitrogens with one attached hydrogen (secondary N) is 2. The lowest BCUT2D eigenvalue weighted by atomic mass is 9.78. The maximum absolute atomic E-state index is 12.9. The second-order valence-electron chi connectivity index (χ2n) is 7.98. The van der Waals surface area contributed by atoms with Crippen molar-refractivity contribution < 1.29 is 19.1 Å². The third kappa shape index (κ3) is 5.44. The number of halogens is 1. The molecule has 2 aromatic carbocycles. The highest BCUT2D eigenvalue weighted by molar-refractivity contribution is 8.03. The van der Waals surface area contributed by atoms with Crippen LogP contribution in [0.3, 0.4) is 0 Å². The van der Waals surface area contributed by atoms with Gasteiger partial charge in [0.15, 0.2) is 0 Å². The van der Waals surface area contributed by atoms with Gasteiger partial charge in [-0.3, -0.25) is 14.4 Å². The molecule has 0 bridgehead atoms. The summed E-state index contributed by atoms with van der Waals surface area (Å²) in [5, 5.41) is 16.2. The molecule has 1 aliphatic rings. The summed E-state index contributed by atoms with van der Waals surface area (Å²) in [6.07, 6.45) is 0. The molecule has 0 spiro atoms. The number of rotatable bonds is 6. The van der Waals surface area contributed by atoms with Crippen LogP contribution in [0, 0.1) is 38.0 Å². The summed E-state index contributed by atoms with van der Waals surface area (Å²) in [5.41, 5.74) is 4.48. The number of nitrogens with zero attached hydrogens (tertiary/aromatic N) is 1. The number of esters is 1. The maximum atomic E-state index is 12.9. The number of methoxy groups -OCH3 is 1. The van der Waals surface area contributed by atoms with Gasteiger partial charge in [0, 0.05) is 16.6 Å². The van der Waals surface area contributed by atoms with Crippen LogP contribution in [-0.4, -0.2) is 30.6 Å². The number of carbonyl (C=O) groups is 3. The van der Waals surface area contributed by atoms with Crippen molar-refractivity contribution >= 4 is 46.8 Å². The third-order valence-electron chi connectivity index (χ3n) is 5.50. The molecular formula is C25H24ClN3O4S. The Morgan fingerprint density at radius 3 is 2.35 bits per heavy atom. The van der Waals surface area contributed by atoms with Crippen molar-refractivity contribution in [2.75, 3.05) is 18.2 Å². The van der Waals surface area contributed by atoms with Gasteiger partial charge >= 0.3 is 5.97 Å². The molecule has 0 radical (unpaired) electrons. The summed E-state index contributed by atoms with van der Waals surface area (Å²) >= 11 is 7.02. The number of aryl methyl sites for hydroxylation is 3. The number of nitriles is 1. The first-order chi connectivity index (χ1) is 16.2. The van der Waals surface area contributed by atoms with Crippen LogP contribution < -0.4 is 10.6 Å². The zero-order chi connectivity index (χ0) is 25.0. The van der Waals surface area contributed by atoms with E-state index in [4.69, 9.17) is 16.3 Å². The van der Waals surface area contributed by atoms with Gasteiger partial charge in [-0.15, -0.1) is 0 Å². The van der Waals surface area contributed by atoms with E-state index in [9.17, 15) is 19.6 Å². The third-order valence-corrected chi connectivity index (χ3v) is 6.77. The minimum atomic E-state index is -1.24. The minimum absolute atomic E-state index is 0.0379. The highest BCUT2D eigenvalue weighted by Crippen LogP contribution is 2.40. The number of allylic oxidation sites excluding steroid dienone is 1. The molecule has 2 N–H and O–H groups in total. The van der Waals surface area contributed by atoms with Crippen molar-refractivity contribution in [1.29, 1.82) is 5.26 Å². The molecule has 0 saturated heterocycles. The molecule has 3 rings (SSSR count). The molecule has 34 heavy (non-hydrogen) atoms. The van der Waals surface area contributed by atoms with Gasteiger partial charge in [-0.05, 0) is 49.6 Å². The number of hydrogen-bond donors (Lipinski definition) is 2. The predicted octanol–water partition coefficient (Wildman–Crippen LogP) is 4.37. The van der Waals surface area contributed by atoms with Crippen molar-refractivity contribution in [3.8, 4) is 6.07 Å². The Labute approximate surface area is 207 Å². The molecule has 1 aliphatic heterocycles. The second-order valence-corrected chi connectivity index (χ2v) is 9.41. The van der Waals surface area contributed by atoms with Gasteiger partial charge in [0.2, 0.25) is 11.8 Å². The van der Waals surface area contributed by atoms with E-state index in [2.05, 4.69) is 16.7 Å². The smallest absolute Gasteiger partial charge is 0.319 e. The molecule has 2 amide bonds. The summed E-state index contributed by atoms with van der Waals surface area (Å²) in [5.74, 6) is -3.77. The normalized spacial score (nSPS) is 17.6. The molecule has 2 atom stereocenters. The Kier molecular flexibility index (Phi) is 8.02. The lowest BCUT2D eigenvalue weighted by Crippen LogP contribution is -2.44. The predicted molar refractivity (Wildman–Crippen MR) is 132 cm³/mol. The summed E-state index contributed by atoms with van der Waals surface area (Å²) in [6.45, 7) is 5.83. The number of hydrogen-bond acceptors (Lipinski definition) is 6. The molecule has 0 unspecified atom stereocenters.